The summed E-state index contributed by atoms with van der Waals surface area (Å²) in [6, 6.07) is 21.3. The fourth-order valence-electron chi connectivity index (χ4n) is 4.55. The van der Waals surface area contributed by atoms with Gasteiger partial charge in [-0.1, -0.05) is 48.5 Å². The van der Waals surface area contributed by atoms with Crippen LogP contribution in [-0.4, -0.2) is 64.0 Å². The van der Waals surface area contributed by atoms with E-state index in [2.05, 4.69) is 86.0 Å². The summed E-state index contributed by atoms with van der Waals surface area (Å²) in [6.45, 7) is 5.45. The third-order valence-corrected chi connectivity index (χ3v) is 6.12. The van der Waals surface area contributed by atoms with Gasteiger partial charge in [0.05, 0.1) is 18.7 Å². The Hall–Kier alpha value is -2.77. The highest BCUT2D eigenvalue weighted by Gasteiger charge is 2.31. The fourth-order valence-corrected chi connectivity index (χ4v) is 4.55. The Balaban J connectivity index is 1.38. The predicted octanol–water partition coefficient (Wildman–Crippen LogP) is 2.76. The van der Waals surface area contributed by atoms with Crippen molar-refractivity contribution in [3.8, 4) is 0 Å². The molecule has 3 aromatic rings. The van der Waals surface area contributed by atoms with Gasteiger partial charge in [-0.2, -0.15) is 0 Å². The maximum absolute atomic E-state index is 5.84. The molecule has 0 bridgehead atoms. The van der Waals surface area contributed by atoms with Crippen LogP contribution in [0, 0.1) is 0 Å². The first-order valence-electron chi connectivity index (χ1n) is 10.8. The number of piperazine rings is 1. The van der Waals surface area contributed by atoms with Gasteiger partial charge in [0.1, 0.15) is 0 Å². The average molecular weight is 405 g/mol. The van der Waals surface area contributed by atoms with E-state index in [1.165, 1.54) is 11.3 Å². The highest BCUT2D eigenvalue weighted by molar-refractivity contribution is 5.46. The summed E-state index contributed by atoms with van der Waals surface area (Å²) in [7, 11) is 0. The molecule has 0 spiro atoms. The molecule has 2 saturated heterocycles. The lowest BCUT2D eigenvalue weighted by Gasteiger charge is -2.40. The maximum atomic E-state index is 5.84. The topological polar surface area (TPSA) is 59.3 Å². The number of rotatable bonds is 6. The molecule has 2 aliphatic rings. The Labute approximate surface area is 177 Å². The van der Waals surface area contributed by atoms with E-state index < -0.39 is 0 Å². The van der Waals surface area contributed by atoms with Crippen LogP contribution in [-0.2, 0) is 11.3 Å². The SMILES string of the molecule is c1ccc([C@@H](c2nnnn2C[C@@H]2CCCO2)N2CCN(c3ccccc3)CC2)cc1. The van der Waals surface area contributed by atoms with Crippen molar-refractivity contribution in [3.05, 3.63) is 72.1 Å². The molecule has 0 radical (unpaired) electrons. The number of hydrogen-bond donors (Lipinski definition) is 0. The molecule has 2 fully saturated rings. The number of anilines is 1. The van der Waals surface area contributed by atoms with Crippen molar-refractivity contribution >= 4 is 5.69 Å². The third kappa shape index (κ3) is 4.08. The Morgan fingerprint density at radius 2 is 1.67 bits per heavy atom. The number of ether oxygens (including phenoxy) is 1. The first-order valence-corrected chi connectivity index (χ1v) is 10.8. The Kier molecular flexibility index (Phi) is 5.72. The molecular formula is C23H28N6O. The highest BCUT2D eigenvalue weighted by Crippen LogP contribution is 2.29. The maximum Gasteiger partial charge on any atom is 0.173 e. The molecule has 3 heterocycles. The number of hydrogen-bond acceptors (Lipinski definition) is 6. The Bertz CT molecular complexity index is 917. The van der Waals surface area contributed by atoms with Crippen LogP contribution in [0.15, 0.2) is 60.7 Å². The molecule has 30 heavy (non-hydrogen) atoms. The number of benzene rings is 2. The van der Waals surface area contributed by atoms with E-state index in [9.17, 15) is 0 Å². The molecule has 2 aliphatic heterocycles. The largest absolute Gasteiger partial charge is 0.376 e. The lowest BCUT2D eigenvalue weighted by Crippen LogP contribution is -2.48. The molecule has 0 aliphatic carbocycles. The minimum absolute atomic E-state index is 0.0422. The van der Waals surface area contributed by atoms with Gasteiger partial charge < -0.3 is 9.64 Å². The molecule has 0 amide bonds. The Morgan fingerprint density at radius 3 is 2.37 bits per heavy atom. The van der Waals surface area contributed by atoms with E-state index in [1.54, 1.807) is 0 Å². The molecule has 2 atom stereocenters. The zero-order valence-corrected chi connectivity index (χ0v) is 17.2. The summed E-state index contributed by atoms with van der Waals surface area (Å²) in [5.74, 6) is 0.907. The molecule has 1 aromatic heterocycles. The van der Waals surface area contributed by atoms with E-state index in [0.29, 0.717) is 0 Å². The van der Waals surface area contributed by atoms with Gasteiger partial charge in [-0.05, 0) is 41.0 Å². The van der Waals surface area contributed by atoms with Crippen LogP contribution in [0.3, 0.4) is 0 Å². The van der Waals surface area contributed by atoms with Gasteiger partial charge in [0, 0.05) is 38.5 Å². The van der Waals surface area contributed by atoms with Crippen LogP contribution in [0.25, 0.3) is 0 Å². The second kappa shape index (κ2) is 8.93. The van der Waals surface area contributed by atoms with Crippen molar-refractivity contribution in [2.45, 2.75) is 31.5 Å². The van der Waals surface area contributed by atoms with E-state index >= 15 is 0 Å². The average Bonchev–Trinajstić information content (AvgIpc) is 3.49. The van der Waals surface area contributed by atoms with Crippen LogP contribution in [0.5, 0.6) is 0 Å². The highest BCUT2D eigenvalue weighted by atomic mass is 16.5. The number of tetrazole rings is 1. The fraction of sp³-hybridized carbons (Fsp3) is 0.435. The van der Waals surface area contributed by atoms with Gasteiger partial charge >= 0.3 is 0 Å². The van der Waals surface area contributed by atoms with Crippen LogP contribution in [0.2, 0.25) is 0 Å². The van der Waals surface area contributed by atoms with Gasteiger partial charge in [-0.3, -0.25) is 4.90 Å². The monoisotopic (exact) mass is 404 g/mol. The first kappa shape index (κ1) is 19.2. The van der Waals surface area contributed by atoms with Crippen molar-refractivity contribution in [2.24, 2.45) is 0 Å². The summed E-state index contributed by atoms with van der Waals surface area (Å²) in [6.07, 6.45) is 2.40. The molecule has 5 rings (SSSR count). The minimum atomic E-state index is 0.0422. The first-order chi connectivity index (χ1) is 14.9. The zero-order chi connectivity index (χ0) is 20.2. The minimum Gasteiger partial charge on any atom is -0.376 e. The Morgan fingerprint density at radius 1 is 0.933 bits per heavy atom. The summed E-state index contributed by atoms with van der Waals surface area (Å²) in [5.41, 5.74) is 2.52. The predicted molar refractivity (Wildman–Crippen MR) is 115 cm³/mol. The second-order valence-corrected chi connectivity index (χ2v) is 8.03. The molecule has 2 aromatic carbocycles. The van der Waals surface area contributed by atoms with Gasteiger partial charge in [0.25, 0.3) is 0 Å². The van der Waals surface area contributed by atoms with Crippen molar-refractivity contribution in [3.63, 3.8) is 0 Å². The van der Waals surface area contributed by atoms with Crippen LogP contribution < -0.4 is 4.90 Å². The smallest absolute Gasteiger partial charge is 0.173 e. The molecule has 7 nitrogen and oxygen atoms in total. The standard InChI is InChI=1S/C23H28N6O/c1-3-8-19(9-4-1)22(23-24-25-26-29(23)18-21-12-7-17-30-21)28-15-13-27(14-16-28)20-10-5-2-6-11-20/h1-6,8-11,21-22H,7,12-18H2/t21-,22-/m0/s1. The van der Waals surface area contributed by atoms with Crippen LogP contribution >= 0.6 is 0 Å². The van der Waals surface area contributed by atoms with Crippen molar-refractivity contribution in [1.29, 1.82) is 0 Å². The van der Waals surface area contributed by atoms with Gasteiger partial charge in [0.2, 0.25) is 0 Å². The summed E-state index contributed by atoms with van der Waals surface area (Å²) >= 11 is 0. The lowest BCUT2D eigenvalue weighted by atomic mass is 10.0. The van der Waals surface area contributed by atoms with Crippen LogP contribution in [0.1, 0.15) is 30.3 Å². The third-order valence-electron chi connectivity index (χ3n) is 6.12. The lowest BCUT2D eigenvalue weighted by molar-refractivity contribution is 0.0906. The van der Waals surface area contributed by atoms with Crippen molar-refractivity contribution < 1.29 is 4.74 Å². The van der Waals surface area contributed by atoms with E-state index in [-0.39, 0.29) is 12.1 Å². The second-order valence-electron chi connectivity index (χ2n) is 8.03. The zero-order valence-electron chi connectivity index (χ0n) is 17.2. The van der Waals surface area contributed by atoms with Gasteiger partial charge in [0.15, 0.2) is 5.82 Å². The molecule has 0 unspecified atom stereocenters. The molecule has 0 saturated carbocycles. The van der Waals surface area contributed by atoms with E-state index in [4.69, 9.17) is 4.74 Å². The molecule has 156 valence electrons. The van der Waals surface area contributed by atoms with E-state index in [1.807, 2.05) is 4.68 Å². The molecule has 7 heteroatoms. The van der Waals surface area contributed by atoms with Crippen molar-refractivity contribution in [2.75, 3.05) is 37.7 Å². The van der Waals surface area contributed by atoms with E-state index in [0.717, 1.165) is 58.0 Å². The van der Waals surface area contributed by atoms with Crippen LogP contribution in [0.4, 0.5) is 5.69 Å². The van der Waals surface area contributed by atoms with Gasteiger partial charge in [-0.15, -0.1) is 5.10 Å². The quantitative estimate of drug-likeness (QED) is 0.630. The normalized spacial score (nSPS) is 21.1. The summed E-state index contributed by atoms with van der Waals surface area (Å²) in [4.78, 5) is 4.96. The van der Waals surface area contributed by atoms with Crippen molar-refractivity contribution in [1.82, 2.24) is 25.1 Å². The summed E-state index contributed by atoms with van der Waals surface area (Å²) < 4.78 is 7.79. The van der Waals surface area contributed by atoms with Gasteiger partial charge in [-0.25, -0.2) is 4.68 Å². The molecule has 0 N–H and O–H groups in total. The molecular weight excluding hydrogens is 376 g/mol. The summed E-state index contributed by atoms with van der Waals surface area (Å²) in [5, 5.41) is 12.8. The number of aromatic nitrogens is 4. The number of nitrogens with zero attached hydrogens (tertiary/aromatic N) is 6. The number of para-hydroxylation sites is 1.